The first kappa shape index (κ1) is 18.3. The molecule has 10 nitrogen and oxygen atoms in total. The number of aromatic nitrogens is 5. The van der Waals surface area contributed by atoms with Gasteiger partial charge in [0.05, 0.1) is 28.6 Å². The van der Waals surface area contributed by atoms with E-state index in [-0.39, 0.29) is 22.4 Å². The molecule has 2 N–H and O–H groups in total. The first-order valence-electron chi connectivity index (χ1n) is 9.06. The second-order valence-corrected chi connectivity index (χ2v) is 6.73. The van der Waals surface area contributed by atoms with E-state index < -0.39 is 17.8 Å². The highest BCUT2D eigenvalue weighted by Crippen LogP contribution is 2.34. The number of carbonyl (C=O) groups is 3. The van der Waals surface area contributed by atoms with Gasteiger partial charge in [-0.2, -0.15) is 15.4 Å². The van der Waals surface area contributed by atoms with Crippen LogP contribution in [0.1, 0.15) is 31.1 Å². The lowest BCUT2D eigenvalue weighted by Crippen LogP contribution is -2.31. The number of carboxylic acid groups (broad SMARTS) is 1. The summed E-state index contributed by atoms with van der Waals surface area (Å²) in [6, 6.07) is 9.17. The molecule has 31 heavy (non-hydrogen) atoms. The Labute approximate surface area is 174 Å². The number of imide groups is 1. The van der Waals surface area contributed by atoms with Gasteiger partial charge in [-0.15, -0.1) is 0 Å². The van der Waals surface area contributed by atoms with E-state index in [1.807, 2.05) is 0 Å². The number of nitrogens with zero attached hydrogens (tertiary/aromatic N) is 5. The van der Waals surface area contributed by atoms with E-state index in [0.29, 0.717) is 22.4 Å². The fourth-order valence-corrected chi connectivity index (χ4v) is 3.49. The number of hydrogen-bond acceptors (Lipinski definition) is 7. The summed E-state index contributed by atoms with van der Waals surface area (Å²) in [5.41, 5.74) is 2.43. The Hall–Kier alpha value is -4.73. The van der Waals surface area contributed by atoms with Gasteiger partial charge in [-0.3, -0.25) is 9.59 Å². The lowest BCUT2D eigenvalue weighted by molar-refractivity contribution is 0.0698. The molecule has 1 aliphatic heterocycles. The standard InChI is InChI=1S/C21H12N6O4/c28-19-14-3-1-12(17-9-24-26-25-17)6-15(14)20(29)27(19)18-4-2-11(5-16(18)21(30)31)13-7-22-10-23-8-13/h1-10H,(H,30,31)(H,24,25,26). The molecule has 2 amide bonds. The molecule has 1 aliphatic rings. The van der Waals surface area contributed by atoms with Gasteiger partial charge in [0.25, 0.3) is 11.8 Å². The van der Waals surface area contributed by atoms with Crippen molar-refractivity contribution < 1.29 is 19.5 Å². The Morgan fingerprint density at radius 1 is 0.871 bits per heavy atom. The molecule has 5 rings (SSSR count). The number of nitrogens with one attached hydrogen (secondary N) is 1. The molecule has 0 atom stereocenters. The summed E-state index contributed by atoms with van der Waals surface area (Å²) in [5.74, 6) is -2.47. The molecule has 0 bridgehead atoms. The zero-order valence-electron chi connectivity index (χ0n) is 15.7. The molecule has 3 heterocycles. The van der Waals surface area contributed by atoms with Gasteiger partial charge in [0, 0.05) is 23.5 Å². The molecule has 150 valence electrons. The quantitative estimate of drug-likeness (QED) is 0.487. The number of aromatic carboxylic acids is 1. The number of rotatable bonds is 4. The summed E-state index contributed by atoms with van der Waals surface area (Å²) in [6.45, 7) is 0. The average molecular weight is 412 g/mol. The van der Waals surface area contributed by atoms with Crippen LogP contribution >= 0.6 is 0 Å². The van der Waals surface area contributed by atoms with Gasteiger partial charge in [0.2, 0.25) is 0 Å². The van der Waals surface area contributed by atoms with Crippen molar-refractivity contribution in [1.29, 1.82) is 0 Å². The van der Waals surface area contributed by atoms with Crippen molar-refractivity contribution in [3.05, 3.63) is 78.0 Å². The van der Waals surface area contributed by atoms with Gasteiger partial charge in [0.15, 0.2) is 0 Å². The highest BCUT2D eigenvalue weighted by atomic mass is 16.4. The van der Waals surface area contributed by atoms with Crippen molar-refractivity contribution >= 4 is 23.5 Å². The Kier molecular flexibility index (Phi) is 4.11. The van der Waals surface area contributed by atoms with Crippen molar-refractivity contribution in [2.24, 2.45) is 0 Å². The molecular weight excluding hydrogens is 400 g/mol. The van der Waals surface area contributed by atoms with Crippen molar-refractivity contribution in [3.8, 4) is 22.4 Å². The largest absolute Gasteiger partial charge is 0.478 e. The molecular formula is C21H12N6O4. The van der Waals surface area contributed by atoms with Gasteiger partial charge in [0.1, 0.15) is 12.0 Å². The summed E-state index contributed by atoms with van der Waals surface area (Å²) in [6.07, 6.45) is 5.94. The van der Waals surface area contributed by atoms with Crippen LogP contribution in [-0.4, -0.2) is 48.3 Å². The van der Waals surface area contributed by atoms with E-state index in [2.05, 4.69) is 25.4 Å². The molecule has 0 aliphatic carbocycles. The topological polar surface area (TPSA) is 142 Å². The molecule has 2 aromatic carbocycles. The van der Waals surface area contributed by atoms with Crippen LogP contribution in [-0.2, 0) is 0 Å². The molecule has 0 unspecified atom stereocenters. The van der Waals surface area contributed by atoms with Gasteiger partial charge in [-0.1, -0.05) is 12.1 Å². The lowest BCUT2D eigenvalue weighted by Gasteiger charge is -2.17. The number of amides is 2. The molecule has 0 saturated carbocycles. The number of aromatic amines is 1. The fraction of sp³-hybridized carbons (Fsp3) is 0. The number of anilines is 1. The summed E-state index contributed by atoms with van der Waals surface area (Å²) in [4.78, 5) is 46.8. The smallest absolute Gasteiger partial charge is 0.337 e. The zero-order chi connectivity index (χ0) is 21.5. The maximum absolute atomic E-state index is 13.1. The third-order valence-corrected chi connectivity index (χ3v) is 4.96. The van der Waals surface area contributed by atoms with Gasteiger partial charge in [-0.05, 0) is 29.8 Å². The van der Waals surface area contributed by atoms with Crippen LogP contribution in [0.5, 0.6) is 0 Å². The number of carboxylic acids is 1. The van der Waals surface area contributed by atoms with Crippen LogP contribution in [0.3, 0.4) is 0 Å². The molecule has 4 aromatic rings. The van der Waals surface area contributed by atoms with Crippen LogP contribution < -0.4 is 4.90 Å². The molecule has 2 aromatic heterocycles. The van der Waals surface area contributed by atoms with E-state index in [4.69, 9.17) is 0 Å². The van der Waals surface area contributed by atoms with Crippen LogP contribution in [0.4, 0.5) is 5.69 Å². The highest BCUT2D eigenvalue weighted by Gasteiger charge is 2.38. The third-order valence-electron chi connectivity index (χ3n) is 4.96. The van der Waals surface area contributed by atoms with Crippen molar-refractivity contribution in [1.82, 2.24) is 25.4 Å². The summed E-state index contributed by atoms with van der Waals surface area (Å²) < 4.78 is 0. The van der Waals surface area contributed by atoms with E-state index in [1.54, 1.807) is 30.6 Å². The van der Waals surface area contributed by atoms with Crippen LogP contribution in [0.25, 0.3) is 22.4 Å². The Balaban J connectivity index is 1.59. The number of hydrogen-bond donors (Lipinski definition) is 2. The first-order valence-corrected chi connectivity index (χ1v) is 9.06. The first-order chi connectivity index (χ1) is 15.0. The fourth-order valence-electron chi connectivity index (χ4n) is 3.49. The second kappa shape index (κ2) is 6.95. The lowest BCUT2D eigenvalue weighted by atomic mass is 10.0. The molecule has 10 heteroatoms. The molecule has 0 saturated heterocycles. The van der Waals surface area contributed by atoms with E-state index in [1.165, 1.54) is 30.7 Å². The maximum Gasteiger partial charge on any atom is 0.337 e. The van der Waals surface area contributed by atoms with Gasteiger partial charge >= 0.3 is 5.97 Å². The van der Waals surface area contributed by atoms with Crippen LogP contribution in [0, 0.1) is 0 Å². The molecule has 0 radical (unpaired) electrons. The van der Waals surface area contributed by atoms with Crippen molar-refractivity contribution in [2.45, 2.75) is 0 Å². The van der Waals surface area contributed by atoms with Crippen LogP contribution in [0.2, 0.25) is 0 Å². The number of H-pyrrole nitrogens is 1. The normalized spacial score (nSPS) is 12.8. The SMILES string of the molecule is O=C(O)c1cc(-c2cncnc2)ccc1N1C(=O)c2ccc(-c3cn[nH]n3)cc2C1=O. The van der Waals surface area contributed by atoms with E-state index in [9.17, 15) is 19.5 Å². The zero-order valence-corrected chi connectivity index (χ0v) is 15.7. The maximum atomic E-state index is 13.1. The van der Waals surface area contributed by atoms with Crippen LogP contribution in [0.15, 0.2) is 61.3 Å². The third kappa shape index (κ3) is 2.94. The van der Waals surface area contributed by atoms with E-state index in [0.717, 1.165) is 4.90 Å². The predicted octanol–water partition coefficient (Wildman–Crippen LogP) is 2.43. The van der Waals surface area contributed by atoms with Crippen molar-refractivity contribution in [2.75, 3.05) is 4.90 Å². The number of fused-ring (bicyclic) bond motifs is 1. The Bertz CT molecular complexity index is 1350. The highest BCUT2D eigenvalue weighted by molar-refractivity contribution is 6.35. The summed E-state index contributed by atoms with van der Waals surface area (Å²) in [7, 11) is 0. The molecule has 0 fully saturated rings. The minimum Gasteiger partial charge on any atom is -0.478 e. The number of carbonyl (C=O) groups excluding carboxylic acids is 2. The summed E-state index contributed by atoms with van der Waals surface area (Å²) in [5, 5.41) is 20.0. The average Bonchev–Trinajstić information content (AvgIpc) is 3.41. The Morgan fingerprint density at radius 2 is 1.61 bits per heavy atom. The summed E-state index contributed by atoms with van der Waals surface area (Å²) >= 11 is 0. The van der Waals surface area contributed by atoms with Crippen molar-refractivity contribution in [3.63, 3.8) is 0 Å². The Morgan fingerprint density at radius 3 is 2.32 bits per heavy atom. The van der Waals surface area contributed by atoms with E-state index >= 15 is 0 Å². The molecule has 0 spiro atoms. The monoisotopic (exact) mass is 412 g/mol. The minimum atomic E-state index is -1.27. The minimum absolute atomic E-state index is 0.0118. The van der Waals surface area contributed by atoms with Gasteiger partial charge in [-0.25, -0.2) is 19.7 Å². The number of benzene rings is 2. The predicted molar refractivity (Wildman–Crippen MR) is 107 cm³/mol. The van der Waals surface area contributed by atoms with Gasteiger partial charge < -0.3 is 5.11 Å². The second-order valence-electron chi connectivity index (χ2n) is 6.73.